The van der Waals surface area contributed by atoms with E-state index < -0.39 is 0 Å². The average Bonchev–Trinajstić information content (AvgIpc) is 3.17. The summed E-state index contributed by atoms with van der Waals surface area (Å²) >= 11 is 4.84. The zero-order valence-electron chi connectivity index (χ0n) is 15.7. The van der Waals surface area contributed by atoms with Gasteiger partial charge in [0.1, 0.15) is 0 Å². The van der Waals surface area contributed by atoms with E-state index in [9.17, 15) is 4.79 Å². The van der Waals surface area contributed by atoms with Crippen molar-refractivity contribution in [1.82, 2.24) is 14.8 Å². The summed E-state index contributed by atoms with van der Waals surface area (Å²) < 4.78 is 2.81. The third kappa shape index (κ3) is 4.33. The van der Waals surface area contributed by atoms with Gasteiger partial charge in [-0.2, -0.15) is 0 Å². The molecule has 0 saturated heterocycles. The first kappa shape index (κ1) is 19.6. The van der Waals surface area contributed by atoms with Crippen LogP contribution in [0.1, 0.15) is 15.9 Å². The quantitative estimate of drug-likeness (QED) is 0.260. The van der Waals surface area contributed by atoms with Crippen molar-refractivity contribution in [3.8, 4) is 17.1 Å². The highest BCUT2D eigenvalue weighted by Crippen LogP contribution is 2.29. The average molecular weight is 464 g/mol. The maximum atomic E-state index is 12.7. The number of thioether (sulfide) groups is 1. The molecule has 3 aromatic carbocycles. The first-order valence-corrected chi connectivity index (χ1v) is 10.9. The van der Waals surface area contributed by atoms with Crippen LogP contribution in [0.25, 0.3) is 17.1 Å². The normalized spacial score (nSPS) is 10.8. The number of carbonyl (C=O) groups is 1. The minimum Gasteiger partial charge on any atom is -0.293 e. The van der Waals surface area contributed by atoms with Crippen molar-refractivity contribution in [1.29, 1.82) is 0 Å². The number of benzene rings is 3. The Hall–Kier alpha value is -2.70. The number of nitrogens with zero attached hydrogens (tertiary/aromatic N) is 3. The van der Waals surface area contributed by atoms with Crippen LogP contribution in [0.5, 0.6) is 0 Å². The highest BCUT2D eigenvalue weighted by atomic mass is 79.9. The molecule has 1 aromatic heterocycles. The van der Waals surface area contributed by atoms with Crippen molar-refractivity contribution in [2.24, 2.45) is 0 Å². The van der Waals surface area contributed by atoms with E-state index in [2.05, 4.69) is 45.2 Å². The van der Waals surface area contributed by atoms with E-state index >= 15 is 0 Å². The molecule has 0 atom stereocenters. The topological polar surface area (TPSA) is 47.8 Å². The number of Topliss-reactive ketones (excluding diaryl/α,β-unsaturated/α-hetero) is 1. The second-order valence-corrected chi connectivity index (χ2v) is 8.33. The van der Waals surface area contributed by atoms with Crippen LogP contribution < -0.4 is 0 Å². The zero-order chi connectivity index (χ0) is 20.2. The van der Waals surface area contributed by atoms with Crippen LogP contribution in [0.3, 0.4) is 0 Å². The second kappa shape index (κ2) is 8.76. The minimum absolute atomic E-state index is 0.0437. The summed E-state index contributed by atoms with van der Waals surface area (Å²) in [4.78, 5) is 12.7. The summed E-state index contributed by atoms with van der Waals surface area (Å²) in [6.45, 7) is 2.06. The van der Waals surface area contributed by atoms with Gasteiger partial charge in [0, 0.05) is 21.3 Å². The molecule has 29 heavy (non-hydrogen) atoms. The molecule has 0 aliphatic carbocycles. The summed E-state index contributed by atoms with van der Waals surface area (Å²) in [6.07, 6.45) is 0. The second-order valence-electron chi connectivity index (χ2n) is 6.53. The molecule has 0 aliphatic rings. The summed E-state index contributed by atoms with van der Waals surface area (Å²) in [5.74, 6) is 1.08. The van der Waals surface area contributed by atoms with Gasteiger partial charge in [-0.05, 0) is 25.1 Å². The minimum atomic E-state index is 0.0437. The molecule has 1 heterocycles. The van der Waals surface area contributed by atoms with Crippen molar-refractivity contribution in [2.45, 2.75) is 12.1 Å². The third-order valence-electron chi connectivity index (χ3n) is 4.46. The molecular weight excluding hydrogens is 446 g/mol. The molecule has 4 nitrogen and oxygen atoms in total. The Balaban J connectivity index is 1.68. The lowest BCUT2D eigenvalue weighted by Gasteiger charge is -2.11. The van der Waals surface area contributed by atoms with Gasteiger partial charge in [-0.3, -0.25) is 9.36 Å². The number of ketones is 1. The predicted molar refractivity (Wildman–Crippen MR) is 121 cm³/mol. The van der Waals surface area contributed by atoms with Crippen molar-refractivity contribution in [3.63, 3.8) is 0 Å². The number of hydrogen-bond donors (Lipinski definition) is 0. The fourth-order valence-corrected chi connectivity index (χ4v) is 4.30. The predicted octanol–water partition coefficient (Wildman–Crippen LogP) is 5.98. The number of rotatable bonds is 6. The van der Waals surface area contributed by atoms with Gasteiger partial charge in [-0.1, -0.05) is 93.9 Å². The molecule has 6 heteroatoms. The zero-order valence-corrected chi connectivity index (χ0v) is 18.2. The Labute approximate surface area is 182 Å². The molecule has 4 aromatic rings. The maximum absolute atomic E-state index is 12.7. The summed E-state index contributed by atoms with van der Waals surface area (Å²) in [5, 5.41) is 9.50. The monoisotopic (exact) mass is 463 g/mol. The highest BCUT2D eigenvalue weighted by molar-refractivity contribution is 9.10. The number of aryl methyl sites for hydroxylation is 1. The first-order chi connectivity index (χ1) is 14.1. The van der Waals surface area contributed by atoms with Gasteiger partial charge in [-0.15, -0.1) is 10.2 Å². The van der Waals surface area contributed by atoms with Crippen molar-refractivity contribution in [2.75, 3.05) is 5.75 Å². The molecule has 0 radical (unpaired) electrons. The first-order valence-electron chi connectivity index (χ1n) is 9.12. The molecular formula is C23H18BrN3OS. The lowest BCUT2D eigenvalue weighted by atomic mass is 10.1. The lowest BCUT2D eigenvalue weighted by molar-refractivity contribution is 0.102. The molecule has 0 spiro atoms. The van der Waals surface area contributed by atoms with Crippen molar-refractivity contribution in [3.05, 3.63) is 94.5 Å². The Morgan fingerprint density at radius 1 is 0.931 bits per heavy atom. The molecule has 0 N–H and O–H groups in total. The van der Waals surface area contributed by atoms with E-state index in [4.69, 9.17) is 0 Å². The van der Waals surface area contributed by atoms with E-state index in [1.54, 1.807) is 0 Å². The molecule has 4 rings (SSSR count). The van der Waals surface area contributed by atoms with Crippen molar-refractivity contribution >= 4 is 33.5 Å². The van der Waals surface area contributed by atoms with Gasteiger partial charge in [-0.25, -0.2) is 0 Å². The molecule has 0 fully saturated rings. The Bertz CT molecular complexity index is 1140. The van der Waals surface area contributed by atoms with Gasteiger partial charge >= 0.3 is 0 Å². The van der Waals surface area contributed by atoms with E-state index in [1.165, 1.54) is 17.3 Å². The molecule has 144 valence electrons. The SMILES string of the molecule is Cc1ccc(-n2c(SCC(=O)c3ccccc3Br)nnc2-c2ccccc2)cc1. The Morgan fingerprint density at radius 3 is 2.34 bits per heavy atom. The molecule has 0 unspecified atom stereocenters. The van der Waals surface area contributed by atoms with Crippen LogP contribution in [0.4, 0.5) is 0 Å². The fraction of sp³-hybridized carbons (Fsp3) is 0.0870. The number of hydrogen-bond acceptors (Lipinski definition) is 4. The van der Waals surface area contributed by atoms with E-state index in [1.807, 2.05) is 71.3 Å². The fourth-order valence-electron chi connectivity index (χ4n) is 2.96. The van der Waals surface area contributed by atoms with Crippen LogP contribution in [-0.4, -0.2) is 26.3 Å². The lowest BCUT2D eigenvalue weighted by Crippen LogP contribution is -2.05. The summed E-state index contributed by atoms with van der Waals surface area (Å²) in [5.41, 5.74) is 3.80. The van der Waals surface area contributed by atoms with Crippen LogP contribution in [0, 0.1) is 6.92 Å². The summed E-state index contributed by atoms with van der Waals surface area (Å²) in [7, 11) is 0. The summed E-state index contributed by atoms with van der Waals surface area (Å²) in [6, 6.07) is 25.6. The van der Waals surface area contributed by atoms with Gasteiger partial charge in [0.15, 0.2) is 16.8 Å². The number of halogens is 1. The van der Waals surface area contributed by atoms with Gasteiger partial charge in [0.25, 0.3) is 0 Å². The number of carbonyl (C=O) groups excluding carboxylic acids is 1. The highest BCUT2D eigenvalue weighted by Gasteiger charge is 2.18. The Kier molecular flexibility index (Phi) is 5.92. The molecule has 0 saturated carbocycles. The van der Waals surface area contributed by atoms with Crippen LogP contribution >= 0.6 is 27.7 Å². The van der Waals surface area contributed by atoms with Crippen molar-refractivity contribution < 1.29 is 4.79 Å². The van der Waals surface area contributed by atoms with Crippen LogP contribution in [0.2, 0.25) is 0 Å². The largest absolute Gasteiger partial charge is 0.293 e. The Morgan fingerprint density at radius 2 is 1.62 bits per heavy atom. The standard InChI is InChI=1S/C23H18BrN3OS/c1-16-11-13-18(14-12-16)27-22(17-7-3-2-4-8-17)25-26-23(27)29-15-21(28)19-9-5-6-10-20(19)24/h2-14H,15H2,1H3. The van der Waals surface area contributed by atoms with E-state index in [0.717, 1.165) is 21.5 Å². The van der Waals surface area contributed by atoms with Gasteiger partial charge in [0.2, 0.25) is 0 Å². The third-order valence-corrected chi connectivity index (χ3v) is 6.08. The van der Waals surface area contributed by atoms with Crippen LogP contribution in [0.15, 0.2) is 88.5 Å². The molecule has 0 bridgehead atoms. The van der Waals surface area contributed by atoms with E-state index in [-0.39, 0.29) is 11.5 Å². The van der Waals surface area contributed by atoms with E-state index in [0.29, 0.717) is 10.7 Å². The van der Waals surface area contributed by atoms with Crippen LogP contribution in [-0.2, 0) is 0 Å². The smallest absolute Gasteiger partial charge is 0.196 e. The number of aromatic nitrogens is 3. The molecule has 0 aliphatic heterocycles. The maximum Gasteiger partial charge on any atom is 0.196 e. The molecule has 0 amide bonds. The van der Waals surface area contributed by atoms with Gasteiger partial charge < -0.3 is 0 Å². The van der Waals surface area contributed by atoms with Gasteiger partial charge in [0.05, 0.1) is 5.75 Å².